The minimum absolute atomic E-state index is 0.950. The van der Waals surface area contributed by atoms with E-state index in [-0.39, 0.29) is 0 Å². The van der Waals surface area contributed by atoms with Crippen molar-refractivity contribution >= 4 is 0 Å². The van der Waals surface area contributed by atoms with Gasteiger partial charge in [0.25, 0.3) is 0 Å². The van der Waals surface area contributed by atoms with Crippen LogP contribution in [0.2, 0.25) is 10.8 Å². The van der Waals surface area contributed by atoms with Gasteiger partial charge < -0.3 is 0 Å². The number of hydrogen-bond donors (Lipinski definition) is 0. The molecule has 0 saturated heterocycles. The predicted octanol–water partition coefficient (Wildman–Crippen LogP) is 2.52. The monoisotopic (exact) mass is 190 g/mol. The third-order valence-corrected chi connectivity index (χ3v) is 0.167. The molecular weight excluding hydrogens is 178 g/mol. The van der Waals surface area contributed by atoms with Crippen LogP contribution in [0.15, 0.2) is 25.3 Å². The summed E-state index contributed by atoms with van der Waals surface area (Å²) in [5, 5.41) is 4.35. The first-order valence-electron chi connectivity index (χ1n) is 1.78. The number of hydrogen-bond acceptors (Lipinski definition) is 0. The van der Waals surface area contributed by atoms with E-state index in [1.54, 1.807) is 12.2 Å². The van der Waals surface area contributed by atoms with Crippen molar-refractivity contribution in [1.82, 2.24) is 0 Å². The summed E-state index contributed by atoms with van der Waals surface area (Å²) >= 11 is 0.950. The topological polar surface area (TPSA) is 0 Å². The Morgan fingerprint density at radius 1 is 1.14 bits per heavy atom. The molecule has 46 valence electrons. The van der Waals surface area contributed by atoms with Crippen molar-refractivity contribution in [1.29, 1.82) is 0 Å². The molecule has 0 heterocycles. The van der Waals surface area contributed by atoms with E-state index in [9.17, 15) is 0 Å². The quantitative estimate of drug-likeness (QED) is 0.440. The molecule has 1 heteroatoms. The molecule has 0 unspecified atom stereocenters. The molecule has 0 fully saturated rings. The van der Waals surface area contributed by atoms with E-state index in [2.05, 4.69) is 24.0 Å². The second-order valence-corrected chi connectivity index (χ2v) is 2.34. The zero-order valence-electron chi connectivity index (χ0n) is 4.89. The predicted molar refractivity (Wildman–Crippen MR) is 32.1 cm³/mol. The van der Waals surface area contributed by atoms with Gasteiger partial charge in [-0.2, -0.15) is 0 Å². The minimum atomic E-state index is 0.950. The fourth-order valence-electron chi connectivity index (χ4n) is 0. The van der Waals surface area contributed by atoms with Crippen molar-refractivity contribution < 1.29 is 18.0 Å². The molecule has 0 spiro atoms. The number of allylic oxidation sites excluding steroid dienone is 2. The van der Waals surface area contributed by atoms with Crippen LogP contribution in [0, 0.1) is 0 Å². The van der Waals surface area contributed by atoms with Gasteiger partial charge >= 0.3 is 28.8 Å². The third-order valence-electron chi connectivity index (χ3n) is 0.167. The van der Waals surface area contributed by atoms with Crippen LogP contribution in [0.4, 0.5) is 0 Å². The third kappa shape index (κ3) is 80.8. The van der Waals surface area contributed by atoms with Crippen molar-refractivity contribution in [2.75, 3.05) is 0 Å². The first kappa shape index (κ1) is 10.2. The van der Waals surface area contributed by atoms with E-state index in [1.165, 1.54) is 0 Å². The molecule has 0 rings (SSSR count). The van der Waals surface area contributed by atoms with Gasteiger partial charge in [-0.05, 0) is 0 Å². The van der Waals surface area contributed by atoms with Crippen molar-refractivity contribution in [3.05, 3.63) is 25.3 Å². The zero-order chi connectivity index (χ0) is 6.12. The van der Waals surface area contributed by atoms with Crippen LogP contribution in [0.3, 0.4) is 0 Å². The Kier molecular flexibility index (Phi) is 23.9. The summed E-state index contributed by atoms with van der Waals surface area (Å²) in [4.78, 5) is 0. The van der Waals surface area contributed by atoms with Gasteiger partial charge in [0.2, 0.25) is 0 Å². The van der Waals surface area contributed by atoms with Gasteiger partial charge in [-0.15, -0.1) is 0 Å². The molecule has 0 atom stereocenters. The van der Waals surface area contributed by atoms with Gasteiger partial charge in [0.05, 0.1) is 0 Å². The maximum absolute atomic E-state index is 3.36. The van der Waals surface area contributed by atoms with Gasteiger partial charge in [-0.25, -0.2) is 0 Å². The molecule has 0 aromatic carbocycles. The van der Waals surface area contributed by atoms with E-state index in [0.717, 1.165) is 18.0 Å². The average Bonchev–Trinajstić information content (AvgIpc) is 1.69. The Morgan fingerprint density at radius 3 is 1.29 bits per heavy atom. The van der Waals surface area contributed by atoms with Crippen LogP contribution >= 0.6 is 0 Å². The molecule has 0 N–H and O–H groups in total. The summed E-state index contributed by atoms with van der Waals surface area (Å²) in [6.07, 6.45) is 3.28. The second kappa shape index (κ2) is 16.4. The first-order chi connectivity index (χ1) is 3.33. The van der Waals surface area contributed by atoms with Crippen LogP contribution in [-0.2, 0) is 18.0 Å². The molecule has 0 aliphatic heterocycles. The Hall–Kier alpha value is 0.142. The van der Waals surface area contributed by atoms with Crippen LogP contribution in [0.25, 0.3) is 0 Å². The molecule has 0 aliphatic rings. The normalized spacial score (nSPS) is 6.00. The average molecular weight is 191 g/mol. The Balaban J connectivity index is 0. The van der Waals surface area contributed by atoms with Gasteiger partial charge in [0, 0.05) is 0 Å². The molecule has 0 aliphatic carbocycles. The molecule has 0 saturated carbocycles. The van der Waals surface area contributed by atoms with E-state index >= 15 is 0 Å². The van der Waals surface area contributed by atoms with Crippen molar-refractivity contribution in [3.63, 3.8) is 0 Å². The SMILES string of the molecule is C=CC=C.[CH3][Pd][CH3]. The summed E-state index contributed by atoms with van der Waals surface area (Å²) in [6.45, 7) is 6.72. The Bertz CT molecular complexity index is 33.4. The molecule has 0 aromatic rings. The molecular formula is C6H12Pd. The summed E-state index contributed by atoms with van der Waals surface area (Å²) in [6, 6.07) is 0. The van der Waals surface area contributed by atoms with E-state index < -0.39 is 0 Å². The van der Waals surface area contributed by atoms with Crippen LogP contribution in [0.5, 0.6) is 0 Å². The van der Waals surface area contributed by atoms with E-state index in [0.29, 0.717) is 0 Å². The zero-order valence-corrected chi connectivity index (χ0v) is 6.44. The van der Waals surface area contributed by atoms with Gasteiger partial charge in [0.15, 0.2) is 0 Å². The number of rotatable bonds is 1. The first-order valence-corrected chi connectivity index (χ1v) is 4.89. The molecule has 0 radical (unpaired) electrons. The molecule has 0 bridgehead atoms. The van der Waals surface area contributed by atoms with Crippen LogP contribution < -0.4 is 0 Å². The van der Waals surface area contributed by atoms with Gasteiger partial charge in [-0.3, -0.25) is 0 Å². The van der Waals surface area contributed by atoms with E-state index in [1.807, 2.05) is 0 Å². The van der Waals surface area contributed by atoms with Crippen molar-refractivity contribution in [2.45, 2.75) is 10.8 Å². The molecule has 0 nitrogen and oxygen atoms in total. The van der Waals surface area contributed by atoms with E-state index in [4.69, 9.17) is 0 Å². The van der Waals surface area contributed by atoms with Gasteiger partial charge in [-0.1, -0.05) is 25.3 Å². The standard InChI is InChI=1S/C4H6.2CH3.Pd/c1-3-4-2;;;/h3-4H,1-2H2;2*1H3;. The molecule has 0 amide bonds. The summed E-state index contributed by atoms with van der Waals surface area (Å²) < 4.78 is 0. The Morgan fingerprint density at radius 2 is 1.29 bits per heavy atom. The Labute approximate surface area is 54.5 Å². The summed E-state index contributed by atoms with van der Waals surface area (Å²) in [7, 11) is 0. The second-order valence-electron chi connectivity index (χ2n) is 0.788. The van der Waals surface area contributed by atoms with Crippen LogP contribution in [-0.4, -0.2) is 0 Å². The van der Waals surface area contributed by atoms with Crippen LogP contribution in [0.1, 0.15) is 0 Å². The van der Waals surface area contributed by atoms with Crippen molar-refractivity contribution in [2.24, 2.45) is 0 Å². The van der Waals surface area contributed by atoms with Gasteiger partial charge in [0.1, 0.15) is 0 Å². The maximum atomic E-state index is 3.36. The fourth-order valence-corrected chi connectivity index (χ4v) is 0. The molecule has 0 aromatic heterocycles. The summed E-state index contributed by atoms with van der Waals surface area (Å²) in [5.41, 5.74) is 0. The fraction of sp³-hybridized carbons (Fsp3) is 0.333. The van der Waals surface area contributed by atoms with Crippen molar-refractivity contribution in [3.8, 4) is 0 Å². The summed E-state index contributed by atoms with van der Waals surface area (Å²) in [5.74, 6) is 0. The molecule has 7 heavy (non-hydrogen) atoms.